The third-order valence-electron chi connectivity index (χ3n) is 5.99. The van der Waals surface area contributed by atoms with Gasteiger partial charge in [0, 0.05) is 32.0 Å². The molecule has 3 N–H and O–H groups in total. The number of hydrogen-bond donors (Lipinski definition) is 2. The van der Waals surface area contributed by atoms with Gasteiger partial charge in [0.25, 0.3) is 0 Å². The Labute approximate surface area is 154 Å². The molecular formula is C22H26N2O2. The first-order valence-electron chi connectivity index (χ1n) is 9.40. The summed E-state index contributed by atoms with van der Waals surface area (Å²) >= 11 is 0. The summed E-state index contributed by atoms with van der Waals surface area (Å²) in [4.78, 5) is 12.3. The Hall–Kier alpha value is -2.17. The number of nitrogens with one attached hydrogen (secondary N) is 1. The lowest BCUT2D eigenvalue weighted by molar-refractivity contribution is -0.123. The van der Waals surface area contributed by atoms with Crippen LogP contribution in [0, 0.1) is 5.92 Å². The van der Waals surface area contributed by atoms with E-state index in [1.165, 1.54) is 22.3 Å². The van der Waals surface area contributed by atoms with Crippen LogP contribution in [0.25, 0.3) is 0 Å². The summed E-state index contributed by atoms with van der Waals surface area (Å²) in [6.45, 7) is 1.06. The molecular weight excluding hydrogens is 324 g/mol. The molecule has 3 aliphatic carbocycles. The molecule has 136 valence electrons. The fraction of sp³-hybridized carbons (Fsp3) is 0.409. The van der Waals surface area contributed by atoms with E-state index in [9.17, 15) is 4.79 Å². The summed E-state index contributed by atoms with van der Waals surface area (Å²) in [5.41, 5.74) is 11.4. The zero-order chi connectivity index (χ0) is 18.1. The van der Waals surface area contributed by atoms with Gasteiger partial charge in [-0.3, -0.25) is 4.79 Å². The molecule has 3 aliphatic rings. The van der Waals surface area contributed by atoms with Gasteiger partial charge in [-0.15, -0.1) is 0 Å². The van der Waals surface area contributed by atoms with Crippen molar-refractivity contribution in [1.29, 1.82) is 0 Å². The summed E-state index contributed by atoms with van der Waals surface area (Å²) in [7, 11) is 1.60. The zero-order valence-corrected chi connectivity index (χ0v) is 15.2. The van der Waals surface area contributed by atoms with Crippen molar-refractivity contribution in [2.45, 2.75) is 30.8 Å². The number of rotatable bonds is 6. The SMILES string of the molecule is COC(CN)CC(=O)NCC1CC2c3ccccc3C1c1ccccc12. The van der Waals surface area contributed by atoms with Crippen LogP contribution in [0.4, 0.5) is 0 Å². The third kappa shape index (κ3) is 2.93. The standard InChI is InChI=1S/C22H26N2O2/c1-26-15(12-23)11-21(25)24-13-14-10-20-16-6-2-4-8-18(16)22(14)19-9-5-3-7-17(19)20/h2-9,14-15,20,22H,10-13,23H2,1H3,(H,24,25). The Balaban J connectivity index is 1.54. The maximum Gasteiger partial charge on any atom is 0.222 e. The van der Waals surface area contributed by atoms with E-state index < -0.39 is 0 Å². The highest BCUT2D eigenvalue weighted by atomic mass is 16.5. The number of ether oxygens (including phenoxy) is 1. The Bertz CT molecular complexity index is 753. The molecule has 0 fully saturated rings. The average molecular weight is 350 g/mol. The predicted molar refractivity (Wildman–Crippen MR) is 102 cm³/mol. The summed E-state index contributed by atoms with van der Waals surface area (Å²) in [6.07, 6.45) is 1.20. The first-order chi connectivity index (χ1) is 12.7. The quantitative estimate of drug-likeness (QED) is 0.842. The number of nitrogens with two attached hydrogens (primary N) is 1. The van der Waals surface area contributed by atoms with Crippen LogP contribution >= 0.6 is 0 Å². The van der Waals surface area contributed by atoms with Gasteiger partial charge in [-0.25, -0.2) is 0 Å². The van der Waals surface area contributed by atoms with E-state index >= 15 is 0 Å². The van der Waals surface area contributed by atoms with Gasteiger partial charge >= 0.3 is 0 Å². The molecule has 5 rings (SSSR count). The molecule has 4 heteroatoms. The number of carbonyl (C=O) groups is 1. The van der Waals surface area contributed by atoms with Gasteiger partial charge in [-0.05, 0) is 34.6 Å². The summed E-state index contributed by atoms with van der Waals surface area (Å²) in [6, 6.07) is 17.6. The normalized spacial score (nSPS) is 23.8. The number of amides is 1. The van der Waals surface area contributed by atoms with Gasteiger partial charge in [-0.2, -0.15) is 0 Å². The van der Waals surface area contributed by atoms with Crippen LogP contribution in [0.3, 0.4) is 0 Å². The lowest BCUT2D eigenvalue weighted by atomic mass is 9.59. The van der Waals surface area contributed by atoms with Crippen molar-refractivity contribution in [1.82, 2.24) is 5.32 Å². The Morgan fingerprint density at radius 1 is 1.12 bits per heavy atom. The van der Waals surface area contributed by atoms with Gasteiger partial charge in [-0.1, -0.05) is 48.5 Å². The van der Waals surface area contributed by atoms with Gasteiger partial charge in [0.2, 0.25) is 5.91 Å². The van der Waals surface area contributed by atoms with Crippen LogP contribution in [0.2, 0.25) is 0 Å². The van der Waals surface area contributed by atoms with Crippen molar-refractivity contribution in [3.63, 3.8) is 0 Å². The van der Waals surface area contributed by atoms with Crippen LogP contribution in [0.5, 0.6) is 0 Å². The van der Waals surface area contributed by atoms with Gasteiger partial charge in [0.05, 0.1) is 12.5 Å². The topological polar surface area (TPSA) is 64.3 Å². The van der Waals surface area contributed by atoms with Crippen molar-refractivity contribution in [3.8, 4) is 0 Å². The monoisotopic (exact) mass is 350 g/mol. The molecule has 0 radical (unpaired) electrons. The molecule has 2 aromatic carbocycles. The third-order valence-corrected chi connectivity index (χ3v) is 5.99. The molecule has 0 saturated heterocycles. The van der Waals surface area contributed by atoms with Crippen LogP contribution in [0.1, 0.15) is 46.9 Å². The van der Waals surface area contributed by atoms with Gasteiger partial charge < -0.3 is 15.8 Å². The molecule has 0 aromatic heterocycles. The maximum atomic E-state index is 12.3. The van der Waals surface area contributed by atoms with Crippen molar-refractivity contribution in [2.24, 2.45) is 11.7 Å². The van der Waals surface area contributed by atoms with E-state index in [0.29, 0.717) is 37.3 Å². The molecule has 26 heavy (non-hydrogen) atoms. The molecule has 2 aromatic rings. The van der Waals surface area contributed by atoms with Crippen LogP contribution < -0.4 is 11.1 Å². The first kappa shape index (κ1) is 17.3. The van der Waals surface area contributed by atoms with Crippen molar-refractivity contribution in [3.05, 3.63) is 70.8 Å². The van der Waals surface area contributed by atoms with E-state index in [1.807, 2.05) is 0 Å². The Kier molecular flexibility index (Phi) is 4.79. The molecule has 0 heterocycles. The second-order valence-corrected chi connectivity index (χ2v) is 7.39. The van der Waals surface area contributed by atoms with Gasteiger partial charge in [0.15, 0.2) is 0 Å². The van der Waals surface area contributed by atoms with E-state index in [4.69, 9.17) is 10.5 Å². The maximum absolute atomic E-state index is 12.3. The lowest BCUT2D eigenvalue weighted by Crippen LogP contribution is -2.40. The second kappa shape index (κ2) is 7.22. The molecule has 2 bridgehead atoms. The Morgan fingerprint density at radius 3 is 2.23 bits per heavy atom. The zero-order valence-electron chi connectivity index (χ0n) is 15.2. The van der Waals surface area contributed by atoms with Gasteiger partial charge in [0.1, 0.15) is 0 Å². The van der Waals surface area contributed by atoms with Crippen LogP contribution in [0.15, 0.2) is 48.5 Å². The molecule has 0 spiro atoms. The van der Waals surface area contributed by atoms with Crippen molar-refractivity contribution in [2.75, 3.05) is 20.2 Å². The number of benzene rings is 2. The molecule has 2 unspecified atom stereocenters. The van der Waals surface area contributed by atoms with E-state index in [1.54, 1.807) is 7.11 Å². The minimum atomic E-state index is -0.209. The summed E-state index contributed by atoms with van der Waals surface area (Å²) in [5.74, 6) is 1.24. The summed E-state index contributed by atoms with van der Waals surface area (Å²) < 4.78 is 5.22. The minimum absolute atomic E-state index is 0.0188. The van der Waals surface area contributed by atoms with E-state index in [2.05, 4.69) is 53.8 Å². The fourth-order valence-electron chi connectivity index (χ4n) is 4.75. The first-order valence-corrected chi connectivity index (χ1v) is 9.40. The smallest absolute Gasteiger partial charge is 0.222 e. The molecule has 4 nitrogen and oxygen atoms in total. The van der Waals surface area contributed by atoms with Crippen LogP contribution in [-0.2, 0) is 9.53 Å². The minimum Gasteiger partial charge on any atom is -0.380 e. The number of hydrogen-bond acceptors (Lipinski definition) is 3. The highest BCUT2D eigenvalue weighted by Gasteiger charge is 2.42. The molecule has 0 aliphatic heterocycles. The van der Waals surface area contributed by atoms with E-state index in [0.717, 1.165) is 6.42 Å². The highest BCUT2D eigenvalue weighted by molar-refractivity contribution is 5.76. The Morgan fingerprint density at radius 2 is 1.69 bits per heavy atom. The predicted octanol–water partition coefficient (Wildman–Crippen LogP) is 2.76. The van der Waals surface area contributed by atoms with Crippen molar-refractivity contribution >= 4 is 5.91 Å². The molecule has 2 atom stereocenters. The highest BCUT2D eigenvalue weighted by Crippen LogP contribution is 2.55. The summed E-state index contributed by atoms with van der Waals surface area (Å²) in [5, 5.41) is 3.12. The molecule has 1 amide bonds. The average Bonchev–Trinajstić information content (AvgIpc) is 2.70. The number of fused-ring (bicyclic) bond motifs is 1. The second-order valence-electron chi connectivity index (χ2n) is 7.39. The largest absolute Gasteiger partial charge is 0.380 e. The van der Waals surface area contributed by atoms with Crippen molar-refractivity contribution < 1.29 is 9.53 Å². The number of methoxy groups -OCH3 is 1. The van der Waals surface area contributed by atoms with E-state index in [-0.39, 0.29) is 12.0 Å². The lowest BCUT2D eigenvalue weighted by Gasteiger charge is -2.45. The molecule has 0 saturated carbocycles. The van der Waals surface area contributed by atoms with Crippen LogP contribution in [-0.4, -0.2) is 32.2 Å². The number of carbonyl (C=O) groups excluding carboxylic acids is 1. The fourth-order valence-corrected chi connectivity index (χ4v) is 4.75.